The molecule has 1 unspecified atom stereocenters. The lowest BCUT2D eigenvalue weighted by molar-refractivity contribution is -0.122. The number of para-hydroxylation sites is 1. The maximum absolute atomic E-state index is 12.1. The lowest BCUT2D eigenvalue weighted by Gasteiger charge is -2.23. The number of carbonyl (C=O) groups excluding carboxylic acids is 2. The molecule has 6 heteroatoms. The molecule has 0 aliphatic carbocycles. The number of ether oxygens (including phenoxy) is 1. The number of amides is 2. The SMILES string of the molecule is CC1Oc2ccc(NC(=O)/C=C/c3cc4ccccc4o3)cc2NC1=O. The molecule has 0 spiro atoms. The molecular weight excluding hydrogens is 332 g/mol. The standard InChI is InChI=1S/C20H16N2O4/c1-12-20(24)22-16-11-14(6-8-18(16)25-12)21-19(23)9-7-15-10-13-4-2-3-5-17(13)26-15/h2-12H,1H3,(H,21,23)(H,22,24)/b9-7+. The van der Waals surface area contributed by atoms with Gasteiger partial charge in [0.2, 0.25) is 5.91 Å². The fraction of sp³-hybridized carbons (Fsp3) is 0.100. The molecule has 0 saturated carbocycles. The predicted octanol–water partition coefficient (Wildman–Crippen LogP) is 3.80. The zero-order valence-corrected chi connectivity index (χ0v) is 14.0. The topological polar surface area (TPSA) is 80.6 Å². The smallest absolute Gasteiger partial charge is 0.265 e. The summed E-state index contributed by atoms with van der Waals surface area (Å²) >= 11 is 0. The lowest BCUT2D eigenvalue weighted by Crippen LogP contribution is -2.34. The molecule has 0 saturated heterocycles. The van der Waals surface area contributed by atoms with Crippen molar-refractivity contribution < 1.29 is 18.7 Å². The Morgan fingerprint density at radius 1 is 1.19 bits per heavy atom. The molecular formula is C20H16N2O4. The normalized spacial score (nSPS) is 16.2. The molecule has 0 fully saturated rings. The fourth-order valence-electron chi connectivity index (χ4n) is 2.71. The minimum Gasteiger partial charge on any atom is -0.479 e. The van der Waals surface area contributed by atoms with E-state index in [1.54, 1.807) is 31.2 Å². The molecule has 2 N–H and O–H groups in total. The monoisotopic (exact) mass is 348 g/mol. The van der Waals surface area contributed by atoms with Gasteiger partial charge < -0.3 is 19.8 Å². The van der Waals surface area contributed by atoms with Crippen molar-refractivity contribution in [2.24, 2.45) is 0 Å². The summed E-state index contributed by atoms with van der Waals surface area (Å²) in [5, 5.41) is 6.47. The largest absolute Gasteiger partial charge is 0.479 e. The van der Waals surface area contributed by atoms with Gasteiger partial charge in [-0.05, 0) is 43.3 Å². The molecule has 130 valence electrons. The van der Waals surface area contributed by atoms with Crippen LogP contribution in [0.2, 0.25) is 0 Å². The molecule has 1 aliphatic rings. The number of nitrogens with one attached hydrogen (secondary N) is 2. The van der Waals surface area contributed by atoms with Crippen LogP contribution in [0, 0.1) is 0 Å². The van der Waals surface area contributed by atoms with Gasteiger partial charge in [-0.25, -0.2) is 0 Å². The van der Waals surface area contributed by atoms with E-state index < -0.39 is 6.10 Å². The quantitative estimate of drug-likeness (QED) is 0.706. The molecule has 0 bridgehead atoms. The van der Waals surface area contributed by atoms with Crippen LogP contribution >= 0.6 is 0 Å². The minimum absolute atomic E-state index is 0.217. The van der Waals surface area contributed by atoms with Crippen LogP contribution in [0.15, 0.2) is 59.0 Å². The predicted molar refractivity (Wildman–Crippen MR) is 99.0 cm³/mol. The summed E-state index contributed by atoms with van der Waals surface area (Å²) in [5.74, 6) is 0.655. The molecule has 1 aliphatic heterocycles. The average molecular weight is 348 g/mol. The Morgan fingerprint density at radius 2 is 2.04 bits per heavy atom. The summed E-state index contributed by atoms with van der Waals surface area (Å²) in [5.41, 5.74) is 1.86. The van der Waals surface area contributed by atoms with Gasteiger partial charge in [0, 0.05) is 17.1 Å². The highest BCUT2D eigenvalue weighted by molar-refractivity contribution is 6.03. The average Bonchev–Trinajstić information content (AvgIpc) is 3.04. The Bertz CT molecular complexity index is 1000. The Morgan fingerprint density at radius 3 is 2.88 bits per heavy atom. The molecule has 26 heavy (non-hydrogen) atoms. The Kier molecular flexibility index (Phi) is 3.93. The van der Waals surface area contributed by atoms with E-state index in [4.69, 9.17) is 9.15 Å². The van der Waals surface area contributed by atoms with Crippen LogP contribution in [0.3, 0.4) is 0 Å². The highest BCUT2D eigenvalue weighted by Crippen LogP contribution is 2.32. The van der Waals surface area contributed by atoms with Gasteiger partial charge in [0.1, 0.15) is 17.1 Å². The second-order valence-corrected chi connectivity index (χ2v) is 5.97. The van der Waals surface area contributed by atoms with Crippen molar-refractivity contribution >= 4 is 40.2 Å². The first kappa shape index (κ1) is 16.0. The van der Waals surface area contributed by atoms with Crippen molar-refractivity contribution in [1.29, 1.82) is 0 Å². The highest BCUT2D eigenvalue weighted by Gasteiger charge is 2.23. The molecule has 2 heterocycles. The van der Waals surface area contributed by atoms with Gasteiger partial charge in [-0.3, -0.25) is 9.59 Å². The Labute approximate surface area is 149 Å². The first-order chi connectivity index (χ1) is 12.6. The number of fused-ring (bicyclic) bond motifs is 2. The number of benzene rings is 2. The molecule has 1 aromatic heterocycles. The van der Waals surface area contributed by atoms with E-state index in [2.05, 4.69) is 10.6 Å². The van der Waals surface area contributed by atoms with E-state index in [9.17, 15) is 9.59 Å². The summed E-state index contributed by atoms with van der Waals surface area (Å²) in [6.45, 7) is 1.68. The molecule has 2 aromatic carbocycles. The van der Waals surface area contributed by atoms with Crippen LogP contribution in [0.5, 0.6) is 5.75 Å². The van der Waals surface area contributed by atoms with Crippen molar-refractivity contribution in [3.8, 4) is 5.75 Å². The third-order valence-corrected chi connectivity index (χ3v) is 4.02. The van der Waals surface area contributed by atoms with Gasteiger partial charge in [0.25, 0.3) is 5.91 Å². The maximum atomic E-state index is 12.1. The van der Waals surface area contributed by atoms with Crippen LogP contribution in [-0.2, 0) is 9.59 Å². The third-order valence-electron chi connectivity index (χ3n) is 4.02. The van der Waals surface area contributed by atoms with Crippen molar-refractivity contribution in [2.75, 3.05) is 10.6 Å². The fourth-order valence-corrected chi connectivity index (χ4v) is 2.71. The second-order valence-electron chi connectivity index (χ2n) is 5.97. The van der Waals surface area contributed by atoms with Gasteiger partial charge in [0.05, 0.1) is 5.69 Å². The molecule has 3 aromatic rings. The number of rotatable bonds is 3. The first-order valence-electron chi connectivity index (χ1n) is 8.18. The number of hydrogen-bond donors (Lipinski definition) is 2. The van der Waals surface area contributed by atoms with Gasteiger partial charge in [-0.15, -0.1) is 0 Å². The van der Waals surface area contributed by atoms with Gasteiger partial charge in [0.15, 0.2) is 6.10 Å². The van der Waals surface area contributed by atoms with E-state index in [0.29, 0.717) is 22.9 Å². The van der Waals surface area contributed by atoms with E-state index in [0.717, 1.165) is 11.0 Å². The van der Waals surface area contributed by atoms with Crippen molar-refractivity contribution in [3.63, 3.8) is 0 Å². The zero-order chi connectivity index (χ0) is 18.1. The van der Waals surface area contributed by atoms with Crippen LogP contribution < -0.4 is 15.4 Å². The third kappa shape index (κ3) is 3.17. The van der Waals surface area contributed by atoms with Crippen molar-refractivity contribution in [3.05, 3.63) is 60.4 Å². The first-order valence-corrected chi connectivity index (χ1v) is 8.18. The van der Waals surface area contributed by atoms with Crippen LogP contribution in [0.1, 0.15) is 12.7 Å². The summed E-state index contributed by atoms with van der Waals surface area (Å²) in [6, 6.07) is 14.6. The molecule has 1 atom stereocenters. The summed E-state index contributed by atoms with van der Waals surface area (Å²) in [7, 11) is 0. The van der Waals surface area contributed by atoms with Crippen molar-refractivity contribution in [1.82, 2.24) is 0 Å². The van der Waals surface area contributed by atoms with Gasteiger partial charge >= 0.3 is 0 Å². The van der Waals surface area contributed by atoms with E-state index in [-0.39, 0.29) is 11.8 Å². The summed E-state index contributed by atoms with van der Waals surface area (Å²) in [4.78, 5) is 23.8. The van der Waals surface area contributed by atoms with Gasteiger partial charge in [-0.2, -0.15) is 0 Å². The molecule has 0 radical (unpaired) electrons. The molecule has 6 nitrogen and oxygen atoms in total. The highest BCUT2D eigenvalue weighted by atomic mass is 16.5. The van der Waals surface area contributed by atoms with E-state index >= 15 is 0 Å². The lowest BCUT2D eigenvalue weighted by atomic mass is 10.2. The maximum Gasteiger partial charge on any atom is 0.265 e. The number of hydrogen-bond acceptors (Lipinski definition) is 4. The van der Waals surface area contributed by atoms with E-state index in [1.165, 1.54) is 6.08 Å². The number of furan rings is 1. The van der Waals surface area contributed by atoms with E-state index in [1.807, 2.05) is 30.3 Å². The zero-order valence-electron chi connectivity index (χ0n) is 14.0. The number of carbonyl (C=O) groups is 2. The second kappa shape index (κ2) is 6.40. The Balaban J connectivity index is 1.46. The van der Waals surface area contributed by atoms with Crippen molar-refractivity contribution in [2.45, 2.75) is 13.0 Å². The molecule has 2 amide bonds. The minimum atomic E-state index is -0.533. The van der Waals surface area contributed by atoms with Crippen LogP contribution in [-0.4, -0.2) is 17.9 Å². The Hall–Kier alpha value is -3.54. The van der Waals surface area contributed by atoms with Crippen LogP contribution in [0.25, 0.3) is 17.0 Å². The summed E-state index contributed by atoms with van der Waals surface area (Å²) < 4.78 is 11.1. The van der Waals surface area contributed by atoms with Crippen LogP contribution in [0.4, 0.5) is 11.4 Å². The van der Waals surface area contributed by atoms with Gasteiger partial charge in [-0.1, -0.05) is 18.2 Å². The molecule has 4 rings (SSSR count). The number of anilines is 2. The summed E-state index contributed by atoms with van der Waals surface area (Å²) in [6.07, 6.45) is 2.48.